The smallest absolute Gasteiger partial charge is 0.254 e. The fourth-order valence-electron chi connectivity index (χ4n) is 1.42. The topological polar surface area (TPSA) is 104 Å². The number of nitrogens with two attached hydrogens (primary N) is 1. The number of hydrogen-bond acceptors (Lipinski definition) is 4. The van der Waals surface area contributed by atoms with Crippen molar-refractivity contribution in [2.75, 3.05) is 13.1 Å². The molecule has 0 aromatic heterocycles. The number of amides is 2. The van der Waals surface area contributed by atoms with E-state index in [0.29, 0.717) is 6.54 Å². The summed E-state index contributed by atoms with van der Waals surface area (Å²) in [6.07, 6.45) is 0. The largest absolute Gasteiger partial charge is 0.508 e. The van der Waals surface area contributed by atoms with Crippen LogP contribution < -0.4 is 5.73 Å². The van der Waals surface area contributed by atoms with Crippen LogP contribution in [0.3, 0.4) is 0 Å². The number of carbonyl (C=O) groups is 2. The van der Waals surface area contributed by atoms with Gasteiger partial charge in [-0.2, -0.15) is 0 Å². The summed E-state index contributed by atoms with van der Waals surface area (Å²) in [4.78, 5) is 23.9. The lowest BCUT2D eigenvalue weighted by Crippen LogP contribution is -2.38. The highest BCUT2D eigenvalue weighted by atomic mass is 16.3. The highest BCUT2D eigenvalue weighted by molar-refractivity contribution is 5.97. The number of carbonyl (C=O) groups excluding carboxylic acids is 2. The molecule has 0 spiro atoms. The normalized spacial score (nSPS) is 9.94. The molecule has 6 nitrogen and oxygen atoms in total. The van der Waals surface area contributed by atoms with Gasteiger partial charge in [0.1, 0.15) is 11.5 Å². The Hall–Kier alpha value is -2.24. The molecule has 4 N–H and O–H groups in total. The Morgan fingerprint density at radius 1 is 1.24 bits per heavy atom. The number of hydrogen-bond donors (Lipinski definition) is 3. The van der Waals surface area contributed by atoms with Crippen LogP contribution in [0.15, 0.2) is 18.2 Å². The lowest BCUT2D eigenvalue weighted by Gasteiger charge is -2.19. The van der Waals surface area contributed by atoms with Crippen LogP contribution in [0, 0.1) is 0 Å². The van der Waals surface area contributed by atoms with E-state index in [0.717, 1.165) is 6.07 Å². The predicted molar refractivity (Wildman–Crippen MR) is 60.5 cm³/mol. The van der Waals surface area contributed by atoms with E-state index in [1.54, 1.807) is 6.92 Å². The first-order chi connectivity index (χ1) is 7.93. The molecule has 0 unspecified atom stereocenters. The Morgan fingerprint density at radius 2 is 1.76 bits per heavy atom. The molecule has 0 saturated heterocycles. The Morgan fingerprint density at radius 3 is 2.18 bits per heavy atom. The minimum Gasteiger partial charge on any atom is -0.508 e. The van der Waals surface area contributed by atoms with E-state index in [1.807, 2.05) is 0 Å². The molecule has 1 aromatic carbocycles. The minimum atomic E-state index is -0.621. The number of likely N-dealkylation sites (N-methyl/N-ethyl adjacent to an activating group) is 1. The third kappa shape index (κ3) is 3.37. The third-order valence-corrected chi connectivity index (χ3v) is 2.17. The maximum Gasteiger partial charge on any atom is 0.254 e. The lowest BCUT2D eigenvalue weighted by molar-refractivity contribution is -0.118. The van der Waals surface area contributed by atoms with E-state index in [-0.39, 0.29) is 23.6 Å². The highest BCUT2D eigenvalue weighted by Gasteiger charge is 2.17. The van der Waals surface area contributed by atoms with Crippen LogP contribution in [0.25, 0.3) is 0 Å². The number of phenols is 2. The van der Waals surface area contributed by atoms with Gasteiger partial charge >= 0.3 is 0 Å². The van der Waals surface area contributed by atoms with Gasteiger partial charge in [-0.05, 0) is 19.1 Å². The average Bonchev–Trinajstić information content (AvgIpc) is 2.23. The monoisotopic (exact) mass is 238 g/mol. The maximum atomic E-state index is 11.9. The van der Waals surface area contributed by atoms with Crippen LogP contribution in [-0.4, -0.2) is 40.0 Å². The van der Waals surface area contributed by atoms with Crippen LogP contribution in [-0.2, 0) is 4.79 Å². The van der Waals surface area contributed by atoms with E-state index in [2.05, 4.69) is 0 Å². The van der Waals surface area contributed by atoms with Gasteiger partial charge in [0.2, 0.25) is 5.91 Å². The van der Waals surface area contributed by atoms with E-state index in [4.69, 9.17) is 5.73 Å². The van der Waals surface area contributed by atoms with Crippen molar-refractivity contribution in [2.45, 2.75) is 6.92 Å². The van der Waals surface area contributed by atoms with E-state index in [9.17, 15) is 19.8 Å². The van der Waals surface area contributed by atoms with Gasteiger partial charge < -0.3 is 20.8 Å². The summed E-state index contributed by atoms with van der Waals surface area (Å²) in [5, 5.41) is 18.5. The summed E-state index contributed by atoms with van der Waals surface area (Å²) in [7, 11) is 0. The zero-order valence-electron chi connectivity index (χ0n) is 9.38. The van der Waals surface area contributed by atoms with Gasteiger partial charge in [-0.15, -0.1) is 0 Å². The third-order valence-electron chi connectivity index (χ3n) is 2.17. The first-order valence-corrected chi connectivity index (χ1v) is 5.04. The molecule has 6 heteroatoms. The number of primary amides is 1. The van der Waals surface area contributed by atoms with Gasteiger partial charge in [0.05, 0.1) is 6.54 Å². The van der Waals surface area contributed by atoms with Crippen LogP contribution in [0.4, 0.5) is 0 Å². The number of nitrogens with zero attached hydrogens (tertiary/aromatic N) is 1. The molecule has 2 amide bonds. The molecule has 0 aliphatic rings. The molecule has 0 bridgehead atoms. The molecule has 0 aliphatic heterocycles. The Balaban J connectivity index is 2.97. The molecule has 0 radical (unpaired) electrons. The van der Waals surface area contributed by atoms with Crippen molar-refractivity contribution in [1.29, 1.82) is 0 Å². The highest BCUT2D eigenvalue weighted by Crippen LogP contribution is 2.21. The van der Waals surface area contributed by atoms with E-state index >= 15 is 0 Å². The molecule has 0 saturated carbocycles. The second-order valence-corrected chi connectivity index (χ2v) is 3.52. The van der Waals surface area contributed by atoms with Gasteiger partial charge in [-0.1, -0.05) is 0 Å². The average molecular weight is 238 g/mol. The number of rotatable bonds is 4. The van der Waals surface area contributed by atoms with Crippen LogP contribution >= 0.6 is 0 Å². The van der Waals surface area contributed by atoms with Crippen molar-refractivity contribution in [3.05, 3.63) is 23.8 Å². The van der Waals surface area contributed by atoms with Crippen molar-refractivity contribution in [1.82, 2.24) is 4.90 Å². The van der Waals surface area contributed by atoms with E-state index in [1.165, 1.54) is 17.0 Å². The van der Waals surface area contributed by atoms with Gasteiger partial charge in [-0.3, -0.25) is 9.59 Å². The van der Waals surface area contributed by atoms with Crippen LogP contribution in [0.5, 0.6) is 11.5 Å². The molecule has 1 aromatic rings. The SMILES string of the molecule is CCN(CC(N)=O)C(=O)c1cc(O)cc(O)c1. The molecule has 0 atom stereocenters. The fraction of sp³-hybridized carbons (Fsp3) is 0.273. The van der Waals surface area contributed by atoms with Gasteiger partial charge in [0.25, 0.3) is 5.91 Å². The molecule has 17 heavy (non-hydrogen) atoms. The molecule has 0 aliphatic carbocycles. The van der Waals surface area contributed by atoms with E-state index < -0.39 is 11.8 Å². The fourth-order valence-corrected chi connectivity index (χ4v) is 1.42. The predicted octanol–water partition coefficient (Wildman–Crippen LogP) is 0.0452. The van der Waals surface area contributed by atoms with Crippen molar-refractivity contribution >= 4 is 11.8 Å². The molecule has 0 fully saturated rings. The summed E-state index contributed by atoms with van der Waals surface area (Å²) < 4.78 is 0. The zero-order chi connectivity index (χ0) is 13.0. The number of aromatic hydroxyl groups is 2. The standard InChI is InChI=1S/C11H14N2O4/c1-2-13(6-10(12)16)11(17)7-3-8(14)5-9(15)4-7/h3-5,14-15H,2,6H2,1H3,(H2,12,16). The molecular formula is C11H14N2O4. The molecular weight excluding hydrogens is 224 g/mol. The quantitative estimate of drug-likeness (QED) is 0.689. The van der Waals surface area contributed by atoms with Crippen LogP contribution in [0.1, 0.15) is 17.3 Å². The minimum absolute atomic E-state index is 0.102. The number of benzene rings is 1. The van der Waals surface area contributed by atoms with Gasteiger partial charge in [-0.25, -0.2) is 0 Å². The van der Waals surface area contributed by atoms with Gasteiger partial charge in [0.15, 0.2) is 0 Å². The first-order valence-electron chi connectivity index (χ1n) is 5.04. The summed E-state index contributed by atoms with van der Waals surface area (Å²) >= 11 is 0. The second kappa shape index (κ2) is 5.20. The Kier molecular flexibility index (Phi) is 3.92. The summed E-state index contributed by atoms with van der Waals surface area (Å²) in [5.41, 5.74) is 5.12. The van der Waals surface area contributed by atoms with Crippen molar-refractivity contribution in [3.8, 4) is 11.5 Å². The zero-order valence-corrected chi connectivity index (χ0v) is 9.38. The van der Waals surface area contributed by atoms with Gasteiger partial charge in [0, 0.05) is 18.2 Å². The second-order valence-electron chi connectivity index (χ2n) is 3.52. The van der Waals surface area contributed by atoms with Crippen molar-refractivity contribution < 1.29 is 19.8 Å². The molecule has 0 heterocycles. The Labute approximate surface area is 98.3 Å². The van der Waals surface area contributed by atoms with Crippen LogP contribution in [0.2, 0.25) is 0 Å². The molecule has 1 rings (SSSR count). The maximum absolute atomic E-state index is 11.9. The summed E-state index contributed by atoms with van der Waals surface area (Å²) in [5.74, 6) is -1.53. The summed E-state index contributed by atoms with van der Waals surface area (Å²) in [6, 6.07) is 3.54. The number of phenolic OH excluding ortho intramolecular Hbond substituents is 2. The van der Waals surface area contributed by atoms with Crippen molar-refractivity contribution in [2.24, 2.45) is 5.73 Å². The Bertz CT molecular complexity index is 425. The first kappa shape index (κ1) is 12.8. The summed E-state index contributed by atoms with van der Waals surface area (Å²) in [6.45, 7) is 1.80. The molecule has 92 valence electrons. The lowest BCUT2D eigenvalue weighted by atomic mass is 10.1. The van der Waals surface area contributed by atoms with Crippen molar-refractivity contribution in [3.63, 3.8) is 0 Å².